The quantitative estimate of drug-likeness (QED) is 0.545. The van der Waals surface area contributed by atoms with Gasteiger partial charge in [-0.15, -0.1) is 0 Å². The van der Waals surface area contributed by atoms with Gasteiger partial charge in [0.2, 0.25) is 0 Å². The zero-order chi connectivity index (χ0) is 24.1. The molecule has 0 aromatic heterocycles. The molecule has 3 N–H and O–H groups in total. The molecule has 4 rings (SSSR count). The van der Waals surface area contributed by atoms with Crippen molar-refractivity contribution in [3.8, 4) is 11.5 Å². The van der Waals surface area contributed by atoms with Crippen LogP contribution in [-0.2, 0) is 9.53 Å². The first-order valence-electron chi connectivity index (χ1n) is 11.3. The SMILES string of the molecule is CCOc1cc(C2NC(=O)NC(CN3CC=C(c4ccccc4)CC3)=C2C(=O)OC)ccc1O. The van der Waals surface area contributed by atoms with Gasteiger partial charge in [-0.2, -0.15) is 0 Å². The van der Waals surface area contributed by atoms with Gasteiger partial charge in [0.1, 0.15) is 0 Å². The van der Waals surface area contributed by atoms with Crippen LogP contribution in [0.5, 0.6) is 11.5 Å². The third kappa shape index (κ3) is 5.07. The third-order valence-electron chi connectivity index (χ3n) is 6.00. The number of carbonyl (C=O) groups is 2. The predicted octanol–water partition coefficient (Wildman–Crippen LogP) is 3.36. The number of nitrogens with zero attached hydrogens (tertiary/aromatic N) is 1. The molecule has 1 unspecified atom stereocenters. The number of ether oxygens (including phenoxy) is 2. The largest absolute Gasteiger partial charge is 0.504 e. The fraction of sp³-hybridized carbons (Fsp3) is 0.308. The van der Waals surface area contributed by atoms with Gasteiger partial charge in [-0.05, 0) is 42.2 Å². The number of methoxy groups -OCH3 is 1. The molecular formula is C26H29N3O5. The van der Waals surface area contributed by atoms with E-state index < -0.39 is 18.0 Å². The van der Waals surface area contributed by atoms with E-state index in [0.717, 1.165) is 13.0 Å². The van der Waals surface area contributed by atoms with Crippen LogP contribution in [0.2, 0.25) is 0 Å². The molecule has 0 saturated heterocycles. The first-order chi connectivity index (χ1) is 16.5. The topological polar surface area (TPSA) is 100 Å². The van der Waals surface area contributed by atoms with Crippen molar-refractivity contribution in [3.63, 3.8) is 0 Å². The summed E-state index contributed by atoms with van der Waals surface area (Å²) in [5.74, 6) is -0.256. The monoisotopic (exact) mass is 463 g/mol. The Hall–Kier alpha value is -3.78. The van der Waals surface area contributed by atoms with E-state index in [2.05, 4.69) is 33.7 Å². The van der Waals surface area contributed by atoms with E-state index in [1.165, 1.54) is 24.3 Å². The van der Waals surface area contributed by atoms with Crippen LogP contribution in [0.1, 0.15) is 30.5 Å². The van der Waals surface area contributed by atoms with Gasteiger partial charge in [0.05, 0.1) is 25.3 Å². The molecule has 0 saturated carbocycles. The number of amides is 2. The maximum atomic E-state index is 12.8. The Morgan fingerprint density at radius 3 is 2.68 bits per heavy atom. The minimum Gasteiger partial charge on any atom is -0.504 e. The summed E-state index contributed by atoms with van der Waals surface area (Å²) in [6, 6.07) is 13.9. The van der Waals surface area contributed by atoms with Crippen molar-refractivity contribution in [2.75, 3.05) is 33.4 Å². The Balaban J connectivity index is 1.62. The molecule has 1 atom stereocenters. The molecule has 178 valence electrons. The summed E-state index contributed by atoms with van der Waals surface area (Å²) in [6.45, 7) is 4.06. The van der Waals surface area contributed by atoms with Crippen molar-refractivity contribution >= 4 is 17.6 Å². The van der Waals surface area contributed by atoms with Gasteiger partial charge in [-0.25, -0.2) is 9.59 Å². The summed E-state index contributed by atoms with van der Waals surface area (Å²) in [7, 11) is 1.32. The van der Waals surface area contributed by atoms with Crippen molar-refractivity contribution in [2.45, 2.75) is 19.4 Å². The number of phenolic OH excluding ortho intramolecular Hbond substituents is 1. The zero-order valence-corrected chi connectivity index (χ0v) is 19.3. The Morgan fingerprint density at radius 2 is 2.00 bits per heavy atom. The molecule has 34 heavy (non-hydrogen) atoms. The van der Waals surface area contributed by atoms with E-state index in [1.807, 2.05) is 25.1 Å². The van der Waals surface area contributed by atoms with Crippen LogP contribution in [0, 0.1) is 0 Å². The number of urea groups is 1. The van der Waals surface area contributed by atoms with E-state index in [4.69, 9.17) is 9.47 Å². The highest BCUT2D eigenvalue weighted by Gasteiger charge is 2.34. The predicted molar refractivity (Wildman–Crippen MR) is 128 cm³/mol. The lowest BCUT2D eigenvalue weighted by Gasteiger charge is -2.33. The van der Waals surface area contributed by atoms with E-state index >= 15 is 0 Å². The number of hydrogen-bond acceptors (Lipinski definition) is 6. The number of aromatic hydroxyl groups is 1. The summed E-state index contributed by atoms with van der Waals surface area (Å²) >= 11 is 0. The highest BCUT2D eigenvalue weighted by molar-refractivity contribution is 5.95. The number of hydrogen-bond donors (Lipinski definition) is 3. The van der Waals surface area contributed by atoms with Crippen molar-refractivity contribution in [1.82, 2.24) is 15.5 Å². The van der Waals surface area contributed by atoms with Crippen LogP contribution >= 0.6 is 0 Å². The Morgan fingerprint density at radius 1 is 1.21 bits per heavy atom. The Kier molecular flexibility index (Phi) is 7.18. The Labute approximate surface area is 198 Å². The number of nitrogens with one attached hydrogen (secondary N) is 2. The molecule has 2 heterocycles. The van der Waals surface area contributed by atoms with E-state index in [0.29, 0.717) is 36.5 Å². The number of rotatable bonds is 7. The molecule has 0 spiro atoms. The second-order valence-corrected chi connectivity index (χ2v) is 8.16. The molecule has 0 radical (unpaired) electrons. The molecule has 2 aliphatic heterocycles. The minimum absolute atomic E-state index is 0.0102. The molecule has 2 aliphatic rings. The van der Waals surface area contributed by atoms with E-state index in [9.17, 15) is 14.7 Å². The summed E-state index contributed by atoms with van der Waals surface area (Å²) < 4.78 is 10.6. The van der Waals surface area contributed by atoms with Crippen molar-refractivity contribution < 1.29 is 24.2 Å². The fourth-order valence-electron chi connectivity index (χ4n) is 4.32. The highest BCUT2D eigenvalue weighted by Crippen LogP contribution is 2.34. The second-order valence-electron chi connectivity index (χ2n) is 8.16. The summed E-state index contributed by atoms with van der Waals surface area (Å²) in [5.41, 5.74) is 3.94. The minimum atomic E-state index is -0.740. The van der Waals surface area contributed by atoms with Gasteiger partial charge < -0.3 is 25.2 Å². The molecule has 0 bridgehead atoms. The maximum absolute atomic E-state index is 12.8. The molecule has 2 aromatic carbocycles. The van der Waals surface area contributed by atoms with E-state index in [-0.39, 0.29) is 11.5 Å². The van der Waals surface area contributed by atoms with Crippen molar-refractivity contribution in [2.24, 2.45) is 0 Å². The second kappa shape index (κ2) is 10.4. The molecule has 8 nitrogen and oxygen atoms in total. The first-order valence-corrected chi connectivity index (χ1v) is 11.3. The van der Waals surface area contributed by atoms with Crippen LogP contribution in [0.4, 0.5) is 4.79 Å². The highest BCUT2D eigenvalue weighted by atomic mass is 16.5. The van der Waals surface area contributed by atoms with Crippen LogP contribution < -0.4 is 15.4 Å². The van der Waals surface area contributed by atoms with Gasteiger partial charge >= 0.3 is 12.0 Å². The molecule has 0 aliphatic carbocycles. The first kappa shape index (κ1) is 23.4. The van der Waals surface area contributed by atoms with Crippen LogP contribution in [0.3, 0.4) is 0 Å². The van der Waals surface area contributed by atoms with Gasteiger partial charge in [0.25, 0.3) is 0 Å². The average molecular weight is 464 g/mol. The number of phenols is 1. The average Bonchev–Trinajstić information content (AvgIpc) is 2.86. The Bertz CT molecular complexity index is 1130. The summed E-state index contributed by atoms with van der Waals surface area (Å²) in [4.78, 5) is 27.6. The van der Waals surface area contributed by atoms with Gasteiger partial charge in [0.15, 0.2) is 11.5 Å². The lowest BCUT2D eigenvalue weighted by atomic mass is 9.94. The molecule has 8 heteroatoms. The molecule has 2 aromatic rings. The summed E-state index contributed by atoms with van der Waals surface area (Å²) in [6.07, 6.45) is 3.06. The fourth-order valence-corrected chi connectivity index (χ4v) is 4.32. The van der Waals surface area contributed by atoms with Crippen molar-refractivity contribution in [1.29, 1.82) is 0 Å². The van der Waals surface area contributed by atoms with E-state index in [1.54, 1.807) is 12.1 Å². The number of carbonyl (C=O) groups excluding carboxylic acids is 2. The summed E-state index contributed by atoms with van der Waals surface area (Å²) in [5, 5.41) is 15.7. The maximum Gasteiger partial charge on any atom is 0.338 e. The zero-order valence-electron chi connectivity index (χ0n) is 19.3. The lowest BCUT2D eigenvalue weighted by Crippen LogP contribution is -2.48. The van der Waals surface area contributed by atoms with Crippen molar-refractivity contribution in [3.05, 3.63) is 77.0 Å². The lowest BCUT2D eigenvalue weighted by molar-refractivity contribution is -0.136. The smallest absolute Gasteiger partial charge is 0.338 e. The number of benzene rings is 2. The normalized spacial score (nSPS) is 18.6. The van der Waals surface area contributed by atoms with Crippen LogP contribution in [-0.4, -0.2) is 55.4 Å². The van der Waals surface area contributed by atoms with Gasteiger partial charge in [0, 0.05) is 25.3 Å². The van der Waals surface area contributed by atoms with Crippen LogP contribution in [0.25, 0.3) is 5.57 Å². The third-order valence-corrected chi connectivity index (χ3v) is 6.00. The molecular weight excluding hydrogens is 434 g/mol. The van der Waals surface area contributed by atoms with Gasteiger partial charge in [-0.3, -0.25) is 4.90 Å². The standard InChI is InChI=1S/C26H29N3O5/c1-3-34-22-15-19(9-10-21(22)30)24-23(25(31)33-2)20(27-26(32)28-24)16-29-13-11-18(12-14-29)17-7-5-4-6-8-17/h4-11,15,24,30H,3,12-14,16H2,1-2H3,(H2,27,28,32). The number of esters is 1. The molecule has 0 fully saturated rings. The van der Waals surface area contributed by atoms with Crippen LogP contribution in [0.15, 0.2) is 65.9 Å². The van der Waals surface area contributed by atoms with Gasteiger partial charge in [-0.1, -0.05) is 42.5 Å². The molecule has 2 amide bonds.